The lowest BCUT2D eigenvalue weighted by Crippen LogP contribution is -2.25. The highest BCUT2D eigenvalue weighted by molar-refractivity contribution is 5.75. The first-order valence-electron chi connectivity index (χ1n) is 18.8. The van der Waals surface area contributed by atoms with Crippen molar-refractivity contribution in [3.63, 3.8) is 0 Å². The molecule has 2 N–H and O–H groups in total. The fraction of sp³-hybridized carbons (Fsp3) is 0.386. The molecule has 7 rings (SSSR count). The molecule has 0 bridgehead atoms. The Morgan fingerprint density at radius 2 is 0.836 bits per heavy atom. The lowest BCUT2D eigenvalue weighted by Gasteiger charge is -2.34. The number of phenols is 2. The molecule has 0 atom stereocenters. The first-order chi connectivity index (χ1) is 25.8. The summed E-state index contributed by atoms with van der Waals surface area (Å²) < 4.78 is 0. The maximum absolute atomic E-state index is 12.0. The number of rotatable bonds is 8. The molecular formula is C44H53N9O2. The van der Waals surface area contributed by atoms with E-state index in [1.165, 1.54) is 9.59 Å². The van der Waals surface area contributed by atoms with Gasteiger partial charge >= 0.3 is 0 Å². The van der Waals surface area contributed by atoms with Crippen molar-refractivity contribution in [3.8, 4) is 22.9 Å². The minimum Gasteiger partial charge on any atom is -0.505 e. The largest absolute Gasteiger partial charge is 0.505 e. The molecule has 0 amide bonds. The molecule has 286 valence electrons. The molecule has 3 aromatic heterocycles. The van der Waals surface area contributed by atoms with E-state index in [-0.39, 0.29) is 39.6 Å². The predicted octanol–water partition coefficient (Wildman–Crippen LogP) is 9.46. The third-order valence-electron chi connectivity index (χ3n) is 9.64. The molecule has 55 heavy (non-hydrogen) atoms. The van der Waals surface area contributed by atoms with Crippen molar-refractivity contribution in [1.82, 2.24) is 45.4 Å². The summed E-state index contributed by atoms with van der Waals surface area (Å²) in [7, 11) is 0. The number of nitrogens with zero attached hydrogens (tertiary/aromatic N) is 9. The van der Waals surface area contributed by atoms with Crippen LogP contribution in [-0.4, -0.2) is 55.6 Å². The van der Waals surface area contributed by atoms with Crippen LogP contribution >= 0.6 is 0 Å². The van der Waals surface area contributed by atoms with Crippen molar-refractivity contribution in [2.24, 2.45) is 10.8 Å². The first-order valence-corrected chi connectivity index (χ1v) is 18.8. The Morgan fingerprint density at radius 1 is 0.491 bits per heavy atom. The fourth-order valence-electron chi connectivity index (χ4n) is 7.91. The molecule has 0 fully saturated rings. The summed E-state index contributed by atoms with van der Waals surface area (Å²) in [5.74, 6) is 0.165. The van der Waals surface area contributed by atoms with Crippen molar-refractivity contribution in [2.45, 2.75) is 99.3 Å². The highest BCUT2D eigenvalue weighted by atomic mass is 16.3. The van der Waals surface area contributed by atoms with Crippen LogP contribution in [0.4, 0.5) is 0 Å². The van der Waals surface area contributed by atoms with Gasteiger partial charge in [0.1, 0.15) is 44.9 Å². The molecule has 0 radical (unpaired) electrons. The number of aromatic nitrogens is 9. The zero-order chi connectivity index (χ0) is 39.8. The molecule has 0 aliphatic heterocycles. The van der Waals surface area contributed by atoms with E-state index < -0.39 is 0 Å². The second-order valence-electron chi connectivity index (χ2n) is 18.2. The number of fused-ring (bicyclic) bond motifs is 2. The van der Waals surface area contributed by atoms with Crippen LogP contribution in [0.25, 0.3) is 33.4 Å². The SMILES string of the molecule is CC(C)(C)CC(C)(C)c1cc(Cc2cc(C(C)(C)CC(C)(C)C)cc(-n3nc4ccccc4n3)c2O)c(O)c(-n2nc3ccccc3n2)c1.c1cnnnc1. The van der Waals surface area contributed by atoms with Gasteiger partial charge in [0.25, 0.3) is 0 Å². The molecule has 0 saturated heterocycles. The van der Waals surface area contributed by atoms with Crippen LogP contribution in [0, 0.1) is 10.8 Å². The summed E-state index contributed by atoms with van der Waals surface area (Å²) in [6.07, 6.45) is 5.27. The third kappa shape index (κ3) is 9.16. The average molecular weight is 740 g/mol. The van der Waals surface area contributed by atoms with Crippen LogP contribution in [0.1, 0.15) is 104 Å². The van der Waals surface area contributed by atoms with Gasteiger partial charge in [0.2, 0.25) is 0 Å². The lowest BCUT2D eigenvalue weighted by atomic mass is 9.71. The van der Waals surface area contributed by atoms with Gasteiger partial charge in [-0.2, -0.15) is 0 Å². The lowest BCUT2D eigenvalue weighted by molar-refractivity contribution is 0.283. The molecule has 3 heterocycles. The predicted molar refractivity (Wildman–Crippen MR) is 218 cm³/mol. The molecule has 4 aromatic carbocycles. The van der Waals surface area contributed by atoms with E-state index in [0.717, 1.165) is 46.0 Å². The molecule has 0 unspecified atom stereocenters. The second-order valence-corrected chi connectivity index (χ2v) is 18.2. The minimum absolute atomic E-state index is 0.0702. The standard InChI is InChI=1S/C41H50N6O2.C3H3N3/c1-38(2,3)24-40(7,8)28-20-26(36(48)34(22-28)46-42-30-15-11-12-16-31(30)43-46)19-27-21-29(41(9,10)25-39(4,5)6)23-35(37(27)49)47-44-32-17-13-14-18-33(32)45-47;1-2-4-6-5-3-1/h11-18,20-23,48-49H,19,24-25H2,1-10H3;1-3H. The Balaban J connectivity index is 0.000000782. The van der Waals surface area contributed by atoms with E-state index >= 15 is 0 Å². The third-order valence-corrected chi connectivity index (χ3v) is 9.64. The molecule has 11 nitrogen and oxygen atoms in total. The average Bonchev–Trinajstić information content (AvgIpc) is 3.73. The second kappa shape index (κ2) is 14.8. The zero-order valence-electron chi connectivity index (χ0n) is 33.7. The van der Waals surface area contributed by atoms with Gasteiger partial charge in [-0.3, -0.25) is 0 Å². The summed E-state index contributed by atoms with van der Waals surface area (Å²) in [5, 5.41) is 53.1. The molecule has 0 saturated carbocycles. The number of hydrogen-bond acceptors (Lipinski definition) is 9. The van der Waals surface area contributed by atoms with Gasteiger partial charge < -0.3 is 10.2 Å². The van der Waals surface area contributed by atoms with Crippen molar-refractivity contribution in [1.29, 1.82) is 0 Å². The zero-order valence-corrected chi connectivity index (χ0v) is 33.7. The summed E-state index contributed by atoms with van der Waals surface area (Å²) in [5.41, 5.74) is 7.18. The topological polar surface area (TPSA) is 141 Å². The Labute approximate surface area is 323 Å². The smallest absolute Gasteiger partial charge is 0.146 e. The summed E-state index contributed by atoms with van der Waals surface area (Å²) in [4.78, 5) is 3.07. The quantitative estimate of drug-likeness (QED) is 0.156. The van der Waals surface area contributed by atoms with Crippen LogP contribution in [0.3, 0.4) is 0 Å². The fourth-order valence-corrected chi connectivity index (χ4v) is 7.91. The molecule has 0 aliphatic rings. The van der Waals surface area contributed by atoms with Gasteiger partial charge in [0.05, 0.1) is 12.4 Å². The van der Waals surface area contributed by atoms with E-state index in [4.69, 9.17) is 20.4 Å². The van der Waals surface area contributed by atoms with Gasteiger partial charge in [-0.05, 0) is 93.3 Å². The van der Waals surface area contributed by atoms with E-state index in [1.54, 1.807) is 18.5 Å². The summed E-state index contributed by atoms with van der Waals surface area (Å²) in [6.45, 7) is 22.4. The summed E-state index contributed by atoms with van der Waals surface area (Å²) >= 11 is 0. The maximum atomic E-state index is 12.0. The molecular weight excluding hydrogens is 687 g/mol. The van der Waals surface area contributed by atoms with Gasteiger partial charge in [0, 0.05) is 17.5 Å². The van der Waals surface area contributed by atoms with Crippen LogP contribution in [0.15, 0.2) is 91.3 Å². The van der Waals surface area contributed by atoms with Crippen molar-refractivity contribution in [3.05, 3.63) is 114 Å². The van der Waals surface area contributed by atoms with E-state index in [0.29, 0.717) is 22.5 Å². The van der Waals surface area contributed by atoms with Gasteiger partial charge in [-0.15, -0.1) is 40.2 Å². The van der Waals surface area contributed by atoms with E-state index in [9.17, 15) is 10.2 Å². The summed E-state index contributed by atoms with van der Waals surface area (Å²) in [6, 6.07) is 25.3. The normalized spacial score (nSPS) is 12.5. The monoisotopic (exact) mass is 739 g/mol. The Morgan fingerprint density at radius 3 is 1.11 bits per heavy atom. The highest BCUT2D eigenvalue weighted by Gasteiger charge is 2.32. The van der Waals surface area contributed by atoms with Crippen molar-refractivity contribution >= 4 is 22.1 Å². The molecule has 7 aromatic rings. The molecule has 11 heteroatoms. The number of benzene rings is 4. The van der Waals surface area contributed by atoms with Gasteiger partial charge in [-0.25, -0.2) is 0 Å². The number of phenolic OH excluding ortho intramolecular Hbond substituents is 2. The van der Waals surface area contributed by atoms with Gasteiger partial charge in [-0.1, -0.05) is 106 Å². The van der Waals surface area contributed by atoms with Crippen LogP contribution in [-0.2, 0) is 17.3 Å². The number of hydrogen-bond donors (Lipinski definition) is 2. The Hall–Kier alpha value is -5.71. The molecule has 0 spiro atoms. The molecule has 0 aliphatic carbocycles. The van der Waals surface area contributed by atoms with Crippen LogP contribution in [0.5, 0.6) is 11.5 Å². The Kier molecular flexibility index (Phi) is 10.5. The Bertz CT molecular complexity index is 2170. The van der Waals surface area contributed by atoms with Crippen molar-refractivity contribution < 1.29 is 10.2 Å². The van der Waals surface area contributed by atoms with Crippen LogP contribution in [0.2, 0.25) is 0 Å². The first kappa shape index (κ1) is 39.0. The highest BCUT2D eigenvalue weighted by Crippen LogP contribution is 2.43. The number of aromatic hydroxyl groups is 2. The van der Waals surface area contributed by atoms with Crippen molar-refractivity contribution in [2.75, 3.05) is 0 Å². The van der Waals surface area contributed by atoms with E-state index in [2.05, 4.69) is 96.8 Å². The van der Waals surface area contributed by atoms with Gasteiger partial charge in [0.15, 0.2) is 0 Å². The minimum atomic E-state index is -0.231. The van der Waals surface area contributed by atoms with Crippen LogP contribution < -0.4 is 0 Å². The maximum Gasteiger partial charge on any atom is 0.146 e. The van der Waals surface area contributed by atoms with E-state index in [1.807, 2.05) is 60.7 Å².